The zero-order valence-electron chi connectivity index (χ0n) is 16.0. The first-order valence-electron chi connectivity index (χ1n) is 8.66. The molecule has 0 spiro atoms. The van der Waals surface area contributed by atoms with Crippen LogP contribution in [0.3, 0.4) is 0 Å². The molecule has 0 aliphatic carbocycles. The largest absolute Gasteiger partial charge is 0.383 e. The second kappa shape index (κ2) is 10.0. The number of hydrogen-bond acceptors (Lipinski definition) is 8. The highest BCUT2D eigenvalue weighted by molar-refractivity contribution is 7.99. The number of nitrogens with zero attached hydrogens (tertiary/aromatic N) is 4. The van der Waals surface area contributed by atoms with Gasteiger partial charge in [0.05, 0.1) is 12.4 Å². The molecule has 0 fully saturated rings. The number of carbonyl (C=O) groups is 1. The van der Waals surface area contributed by atoms with Gasteiger partial charge in [0.2, 0.25) is 5.91 Å². The fraction of sp³-hybridized carbons (Fsp3) is 0.471. The summed E-state index contributed by atoms with van der Waals surface area (Å²) in [5, 5.41) is 0.439. The summed E-state index contributed by atoms with van der Waals surface area (Å²) in [6.07, 6.45) is 3.15. The number of rotatable bonds is 9. The number of thioether (sulfide) groups is 1. The van der Waals surface area contributed by atoms with Crippen LogP contribution < -0.4 is 21.9 Å². The van der Waals surface area contributed by atoms with E-state index in [0.29, 0.717) is 11.7 Å². The van der Waals surface area contributed by atoms with E-state index in [1.165, 1.54) is 16.6 Å². The van der Waals surface area contributed by atoms with E-state index >= 15 is 0 Å². The van der Waals surface area contributed by atoms with E-state index in [0.717, 1.165) is 11.8 Å². The maximum Gasteiger partial charge on any atom is 0.330 e. The predicted octanol–water partition coefficient (Wildman–Crippen LogP) is 0.337. The summed E-state index contributed by atoms with van der Waals surface area (Å²) in [6, 6.07) is 1.68. The highest BCUT2D eigenvalue weighted by Crippen LogP contribution is 2.20. The fourth-order valence-electron chi connectivity index (χ4n) is 2.49. The van der Waals surface area contributed by atoms with Crippen molar-refractivity contribution in [3.8, 4) is 0 Å². The number of ether oxygens (including phenoxy) is 1. The van der Waals surface area contributed by atoms with Crippen LogP contribution in [0.5, 0.6) is 0 Å². The van der Waals surface area contributed by atoms with Gasteiger partial charge in [-0.2, -0.15) is 0 Å². The Hall–Kier alpha value is -2.66. The Balaban J connectivity index is 2.37. The van der Waals surface area contributed by atoms with Crippen LogP contribution in [0.25, 0.3) is 0 Å². The maximum absolute atomic E-state index is 12.8. The Labute approximate surface area is 166 Å². The molecule has 0 aromatic carbocycles. The van der Waals surface area contributed by atoms with Crippen molar-refractivity contribution in [2.75, 3.05) is 36.6 Å². The average molecular weight is 408 g/mol. The van der Waals surface area contributed by atoms with E-state index < -0.39 is 11.2 Å². The molecule has 0 aliphatic rings. The summed E-state index contributed by atoms with van der Waals surface area (Å²) in [5.74, 6) is -0.308. The number of nitrogens with two attached hydrogens (primary N) is 1. The van der Waals surface area contributed by atoms with Crippen LogP contribution >= 0.6 is 11.8 Å². The molecular formula is C17H24N6O4S. The topological polar surface area (TPSA) is 136 Å². The standard InChI is InChI=1S/C17H24N6O4S/c1-11(2)9-23-14(18)13(15(25)21-17(23)26)22(7-8-27-3)12(24)10-28-16-19-5-4-6-20-16/h4-6,11H,7-10,18H2,1-3H3,(H,21,25,26). The summed E-state index contributed by atoms with van der Waals surface area (Å²) in [5.41, 5.74) is 4.75. The first kappa shape index (κ1) is 21.6. The number of aromatic nitrogens is 4. The van der Waals surface area contributed by atoms with Gasteiger partial charge < -0.3 is 15.4 Å². The van der Waals surface area contributed by atoms with Gasteiger partial charge in [0.15, 0.2) is 10.8 Å². The second-order valence-corrected chi connectivity index (χ2v) is 7.30. The van der Waals surface area contributed by atoms with Gasteiger partial charge in [-0.05, 0) is 12.0 Å². The SMILES string of the molecule is COCCN(C(=O)CSc1ncccn1)c1c(N)n(CC(C)C)c(=O)[nH]c1=O. The van der Waals surface area contributed by atoms with E-state index in [9.17, 15) is 14.4 Å². The minimum Gasteiger partial charge on any atom is -0.383 e. The third kappa shape index (κ3) is 5.42. The van der Waals surface area contributed by atoms with Gasteiger partial charge >= 0.3 is 5.69 Å². The van der Waals surface area contributed by atoms with Crippen LogP contribution in [0, 0.1) is 5.92 Å². The lowest BCUT2D eigenvalue weighted by Crippen LogP contribution is -2.43. The molecule has 2 heterocycles. The lowest BCUT2D eigenvalue weighted by atomic mass is 10.2. The van der Waals surface area contributed by atoms with Gasteiger partial charge in [0, 0.05) is 32.6 Å². The van der Waals surface area contributed by atoms with E-state index in [-0.39, 0.29) is 42.2 Å². The molecule has 0 unspecified atom stereocenters. The quantitative estimate of drug-likeness (QED) is 0.448. The van der Waals surface area contributed by atoms with Crippen molar-refractivity contribution in [3.05, 3.63) is 39.3 Å². The predicted molar refractivity (Wildman–Crippen MR) is 108 cm³/mol. The highest BCUT2D eigenvalue weighted by Gasteiger charge is 2.24. The zero-order valence-corrected chi connectivity index (χ0v) is 16.9. The van der Waals surface area contributed by atoms with E-state index in [1.807, 2.05) is 13.8 Å². The molecule has 152 valence electrons. The number of carbonyl (C=O) groups excluding carboxylic acids is 1. The van der Waals surface area contributed by atoms with Crippen LogP contribution in [0.4, 0.5) is 11.5 Å². The van der Waals surface area contributed by atoms with Gasteiger partial charge in [0.1, 0.15) is 5.82 Å². The van der Waals surface area contributed by atoms with Crippen LogP contribution in [0.15, 0.2) is 33.2 Å². The lowest BCUT2D eigenvalue weighted by molar-refractivity contribution is -0.116. The van der Waals surface area contributed by atoms with Crippen LogP contribution in [-0.2, 0) is 16.1 Å². The van der Waals surface area contributed by atoms with E-state index in [2.05, 4.69) is 15.0 Å². The van der Waals surface area contributed by atoms with E-state index in [4.69, 9.17) is 10.5 Å². The Morgan fingerprint density at radius 1 is 1.36 bits per heavy atom. The van der Waals surface area contributed by atoms with Gasteiger partial charge in [-0.15, -0.1) is 0 Å². The molecule has 3 N–H and O–H groups in total. The summed E-state index contributed by atoms with van der Waals surface area (Å²) in [4.78, 5) is 49.1. The molecule has 2 rings (SSSR count). The van der Waals surface area contributed by atoms with Gasteiger partial charge in [-0.1, -0.05) is 25.6 Å². The Kier molecular flexibility index (Phi) is 7.76. The Morgan fingerprint density at radius 3 is 2.64 bits per heavy atom. The highest BCUT2D eigenvalue weighted by atomic mass is 32.2. The number of hydrogen-bond donors (Lipinski definition) is 2. The lowest BCUT2D eigenvalue weighted by Gasteiger charge is -2.24. The normalized spacial score (nSPS) is 11.0. The summed E-state index contributed by atoms with van der Waals surface area (Å²) in [7, 11) is 1.49. The minimum atomic E-state index is -0.715. The van der Waals surface area contributed by atoms with Crippen molar-refractivity contribution in [2.24, 2.45) is 5.92 Å². The first-order valence-corrected chi connectivity index (χ1v) is 9.65. The van der Waals surface area contributed by atoms with Crippen LogP contribution in [0.1, 0.15) is 13.8 Å². The van der Waals surface area contributed by atoms with Gasteiger partial charge in [0.25, 0.3) is 5.56 Å². The Morgan fingerprint density at radius 2 is 2.04 bits per heavy atom. The number of nitrogens with one attached hydrogen (secondary N) is 1. The van der Waals surface area contributed by atoms with Crippen LogP contribution in [0.2, 0.25) is 0 Å². The minimum absolute atomic E-state index is 0.00405. The van der Waals surface area contributed by atoms with Crippen molar-refractivity contribution in [2.45, 2.75) is 25.5 Å². The molecule has 2 aromatic heterocycles. The average Bonchev–Trinajstić information content (AvgIpc) is 2.66. The maximum atomic E-state index is 12.8. The zero-order chi connectivity index (χ0) is 20.7. The summed E-state index contributed by atoms with van der Waals surface area (Å²) >= 11 is 1.14. The van der Waals surface area contributed by atoms with Crippen molar-refractivity contribution in [3.63, 3.8) is 0 Å². The smallest absolute Gasteiger partial charge is 0.330 e. The van der Waals surface area contributed by atoms with Gasteiger partial charge in [-0.3, -0.25) is 19.1 Å². The molecular weight excluding hydrogens is 384 g/mol. The summed E-state index contributed by atoms with van der Waals surface area (Å²) in [6.45, 7) is 4.45. The molecule has 1 amide bonds. The summed E-state index contributed by atoms with van der Waals surface area (Å²) < 4.78 is 6.32. The fourth-order valence-corrected chi connectivity index (χ4v) is 3.17. The van der Waals surface area contributed by atoms with Gasteiger partial charge in [-0.25, -0.2) is 14.8 Å². The molecule has 11 heteroatoms. The molecule has 2 aromatic rings. The molecule has 10 nitrogen and oxygen atoms in total. The van der Waals surface area contributed by atoms with Crippen molar-refractivity contribution < 1.29 is 9.53 Å². The third-order valence-corrected chi connectivity index (χ3v) is 4.58. The number of anilines is 2. The van der Waals surface area contributed by atoms with Crippen molar-refractivity contribution in [1.29, 1.82) is 0 Å². The second-order valence-electron chi connectivity index (χ2n) is 6.36. The van der Waals surface area contributed by atoms with Crippen LogP contribution in [-0.4, -0.2) is 51.4 Å². The number of methoxy groups -OCH3 is 1. The molecule has 0 bridgehead atoms. The first-order chi connectivity index (χ1) is 13.3. The van der Waals surface area contributed by atoms with Crippen molar-refractivity contribution in [1.82, 2.24) is 19.5 Å². The molecule has 0 saturated heterocycles. The number of aromatic amines is 1. The number of H-pyrrole nitrogens is 1. The molecule has 28 heavy (non-hydrogen) atoms. The van der Waals surface area contributed by atoms with E-state index in [1.54, 1.807) is 18.5 Å². The van der Waals surface area contributed by atoms with Crippen molar-refractivity contribution >= 4 is 29.2 Å². The Bertz CT molecular complexity index is 912. The molecule has 0 saturated carbocycles. The monoisotopic (exact) mass is 408 g/mol. The molecule has 0 atom stereocenters. The molecule has 0 radical (unpaired) electrons. The number of amides is 1. The third-order valence-electron chi connectivity index (χ3n) is 3.72. The number of nitrogen functional groups attached to an aromatic ring is 1. The molecule has 0 aliphatic heterocycles.